The summed E-state index contributed by atoms with van der Waals surface area (Å²) in [5.41, 5.74) is 2.14. The number of aromatic hydroxyl groups is 1. The summed E-state index contributed by atoms with van der Waals surface area (Å²) in [6, 6.07) is 13.8. The largest absolute Gasteiger partial charge is 0.507 e. The Balaban J connectivity index is 0.00000264. The number of hydrogen-bond acceptors (Lipinski definition) is 4. The van der Waals surface area contributed by atoms with Crippen molar-refractivity contribution in [1.82, 2.24) is 4.72 Å². The molecule has 0 saturated carbocycles. The van der Waals surface area contributed by atoms with E-state index in [9.17, 15) is 13.5 Å². The van der Waals surface area contributed by atoms with E-state index in [4.69, 9.17) is 0 Å². The van der Waals surface area contributed by atoms with Crippen molar-refractivity contribution in [2.45, 2.75) is 11.3 Å². The van der Waals surface area contributed by atoms with Crippen LogP contribution < -0.4 is 9.62 Å². The minimum atomic E-state index is -3.69. The number of phenols is 1. The molecule has 0 radical (unpaired) electrons. The Hall–Kier alpha value is -1.47. The standard InChI is InChI=1S/C16H20N2O3S.2ClH/c1-18(2)14-9-7-13(8-10-14)11-12-17-22(20,21)16-6-4-3-5-15(16)19;;/h3-10,17,19H,11-12H2,1-2H3;2*1H. The number of anilines is 1. The number of benzene rings is 2. The van der Waals surface area contributed by atoms with Crippen molar-refractivity contribution < 1.29 is 13.5 Å². The predicted octanol–water partition coefficient (Wildman–Crippen LogP) is 2.82. The number of rotatable bonds is 6. The van der Waals surface area contributed by atoms with Crippen LogP contribution in [0, 0.1) is 0 Å². The first-order chi connectivity index (χ1) is 10.4. The molecule has 0 aromatic heterocycles. The van der Waals surface area contributed by atoms with E-state index in [1.165, 1.54) is 12.1 Å². The second-order valence-corrected chi connectivity index (χ2v) is 6.91. The lowest BCUT2D eigenvalue weighted by Gasteiger charge is -2.13. The van der Waals surface area contributed by atoms with Crippen LogP contribution in [0.2, 0.25) is 0 Å². The summed E-state index contributed by atoms with van der Waals surface area (Å²) in [4.78, 5) is 1.91. The first-order valence-corrected chi connectivity index (χ1v) is 8.42. The third kappa shape index (κ3) is 5.87. The molecule has 0 aliphatic rings. The van der Waals surface area contributed by atoms with Crippen LogP contribution in [0.4, 0.5) is 5.69 Å². The van der Waals surface area contributed by atoms with E-state index in [-0.39, 0.29) is 42.0 Å². The number of nitrogens with zero attached hydrogens (tertiary/aromatic N) is 1. The molecule has 0 aliphatic heterocycles. The molecule has 134 valence electrons. The summed E-state index contributed by atoms with van der Waals surface area (Å²) in [7, 11) is 0.245. The summed E-state index contributed by atoms with van der Waals surface area (Å²) in [6.45, 7) is 0.276. The average Bonchev–Trinajstić information content (AvgIpc) is 2.48. The fraction of sp³-hybridized carbons (Fsp3) is 0.250. The maximum atomic E-state index is 12.1. The van der Waals surface area contributed by atoms with Crippen molar-refractivity contribution >= 4 is 40.5 Å². The van der Waals surface area contributed by atoms with Crippen LogP contribution in [-0.4, -0.2) is 34.2 Å². The van der Waals surface area contributed by atoms with E-state index in [0.29, 0.717) is 6.42 Å². The lowest BCUT2D eigenvalue weighted by Crippen LogP contribution is -2.26. The third-order valence-corrected chi connectivity index (χ3v) is 4.82. The number of hydrogen-bond donors (Lipinski definition) is 2. The van der Waals surface area contributed by atoms with Crippen LogP contribution in [0.3, 0.4) is 0 Å². The Morgan fingerprint density at radius 2 is 1.58 bits per heavy atom. The first-order valence-electron chi connectivity index (χ1n) is 6.94. The van der Waals surface area contributed by atoms with E-state index in [1.54, 1.807) is 12.1 Å². The van der Waals surface area contributed by atoms with Gasteiger partial charge in [0.05, 0.1) is 0 Å². The molecule has 2 rings (SSSR count). The van der Waals surface area contributed by atoms with Crippen LogP contribution in [0.1, 0.15) is 5.56 Å². The van der Waals surface area contributed by atoms with E-state index in [0.717, 1.165) is 11.3 Å². The van der Waals surface area contributed by atoms with Gasteiger partial charge in [0.2, 0.25) is 10.0 Å². The summed E-state index contributed by atoms with van der Waals surface area (Å²) in [5.74, 6) is -0.245. The highest BCUT2D eigenvalue weighted by atomic mass is 35.5. The minimum Gasteiger partial charge on any atom is -0.507 e. The number of para-hydroxylation sites is 1. The van der Waals surface area contributed by atoms with Crippen molar-refractivity contribution in [3.8, 4) is 5.75 Å². The molecule has 0 amide bonds. The molecule has 0 spiro atoms. The van der Waals surface area contributed by atoms with Crippen LogP contribution in [0.25, 0.3) is 0 Å². The zero-order valence-electron chi connectivity index (χ0n) is 13.5. The van der Waals surface area contributed by atoms with E-state index in [1.807, 2.05) is 43.3 Å². The van der Waals surface area contributed by atoms with Gasteiger partial charge < -0.3 is 10.0 Å². The maximum absolute atomic E-state index is 12.1. The second-order valence-electron chi connectivity index (χ2n) is 5.18. The number of nitrogens with one attached hydrogen (secondary N) is 1. The molecule has 2 aromatic carbocycles. The molecule has 0 saturated heterocycles. The fourth-order valence-corrected chi connectivity index (χ4v) is 3.18. The monoisotopic (exact) mass is 392 g/mol. The average molecular weight is 393 g/mol. The molecule has 5 nitrogen and oxygen atoms in total. The highest BCUT2D eigenvalue weighted by Crippen LogP contribution is 2.21. The fourth-order valence-electron chi connectivity index (χ4n) is 2.05. The van der Waals surface area contributed by atoms with Gasteiger partial charge in [-0.15, -0.1) is 24.8 Å². The maximum Gasteiger partial charge on any atom is 0.244 e. The zero-order valence-corrected chi connectivity index (χ0v) is 15.9. The predicted molar refractivity (Wildman–Crippen MR) is 102 cm³/mol. The zero-order chi connectivity index (χ0) is 16.2. The Morgan fingerprint density at radius 3 is 2.12 bits per heavy atom. The highest BCUT2D eigenvalue weighted by Gasteiger charge is 2.17. The molecule has 2 aromatic rings. The molecule has 0 fully saturated rings. The van der Waals surface area contributed by atoms with Crippen molar-refractivity contribution in [3.63, 3.8) is 0 Å². The van der Waals surface area contributed by atoms with E-state index < -0.39 is 10.0 Å². The normalized spacial score (nSPS) is 10.4. The van der Waals surface area contributed by atoms with Gasteiger partial charge >= 0.3 is 0 Å². The first kappa shape index (κ1) is 22.5. The summed E-state index contributed by atoms with van der Waals surface area (Å²) in [5, 5.41) is 9.62. The van der Waals surface area contributed by atoms with Gasteiger partial charge in [-0.3, -0.25) is 0 Å². The number of halogens is 2. The van der Waals surface area contributed by atoms with Gasteiger partial charge in [-0.25, -0.2) is 13.1 Å². The molecule has 2 N–H and O–H groups in total. The summed E-state index contributed by atoms with van der Waals surface area (Å²) >= 11 is 0. The van der Waals surface area contributed by atoms with E-state index in [2.05, 4.69) is 4.72 Å². The van der Waals surface area contributed by atoms with E-state index >= 15 is 0 Å². The van der Waals surface area contributed by atoms with Crippen LogP contribution in [-0.2, 0) is 16.4 Å². The molecule has 0 aliphatic carbocycles. The lowest BCUT2D eigenvalue weighted by molar-refractivity contribution is 0.458. The van der Waals surface area contributed by atoms with Gasteiger partial charge in [0.25, 0.3) is 0 Å². The number of phenolic OH excluding ortho intramolecular Hbond substituents is 1. The summed E-state index contributed by atoms with van der Waals surface area (Å²) < 4.78 is 26.7. The SMILES string of the molecule is CN(C)c1ccc(CCNS(=O)(=O)c2ccccc2O)cc1.Cl.Cl. The van der Waals surface area contributed by atoms with Crippen LogP contribution >= 0.6 is 24.8 Å². The van der Waals surface area contributed by atoms with Crippen LogP contribution in [0.15, 0.2) is 53.4 Å². The van der Waals surface area contributed by atoms with Gasteiger partial charge in [-0.2, -0.15) is 0 Å². The molecular formula is C16H22Cl2N2O3S. The Labute approximate surface area is 155 Å². The van der Waals surface area contributed by atoms with Gasteiger partial charge in [-0.1, -0.05) is 24.3 Å². The molecule has 8 heteroatoms. The van der Waals surface area contributed by atoms with Gasteiger partial charge in [0, 0.05) is 26.3 Å². The Bertz CT molecular complexity index is 735. The van der Waals surface area contributed by atoms with Crippen molar-refractivity contribution in [2.75, 3.05) is 25.5 Å². The molecule has 0 heterocycles. The molecule has 0 unspecified atom stereocenters. The van der Waals surface area contributed by atoms with Crippen molar-refractivity contribution in [3.05, 3.63) is 54.1 Å². The summed E-state index contributed by atoms with van der Waals surface area (Å²) in [6.07, 6.45) is 0.584. The number of sulfonamides is 1. The third-order valence-electron chi connectivity index (χ3n) is 3.31. The topological polar surface area (TPSA) is 69.6 Å². The minimum absolute atomic E-state index is 0. The Morgan fingerprint density at radius 1 is 1.00 bits per heavy atom. The van der Waals surface area contributed by atoms with Crippen LogP contribution in [0.5, 0.6) is 5.75 Å². The molecule has 24 heavy (non-hydrogen) atoms. The second kappa shape index (κ2) is 9.74. The quantitative estimate of drug-likeness (QED) is 0.792. The lowest BCUT2D eigenvalue weighted by atomic mass is 10.1. The van der Waals surface area contributed by atoms with Gasteiger partial charge in [-0.05, 0) is 36.2 Å². The van der Waals surface area contributed by atoms with Crippen molar-refractivity contribution in [2.24, 2.45) is 0 Å². The Kier molecular flexibility index (Phi) is 9.14. The molecule has 0 bridgehead atoms. The molecular weight excluding hydrogens is 371 g/mol. The smallest absolute Gasteiger partial charge is 0.244 e. The van der Waals surface area contributed by atoms with Gasteiger partial charge in [0.1, 0.15) is 10.6 Å². The molecule has 0 atom stereocenters. The van der Waals surface area contributed by atoms with Gasteiger partial charge in [0.15, 0.2) is 0 Å². The van der Waals surface area contributed by atoms with Crippen molar-refractivity contribution in [1.29, 1.82) is 0 Å². The highest BCUT2D eigenvalue weighted by molar-refractivity contribution is 7.89.